The fraction of sp³-hybridized carbons (Fsp3) is 0.385. The molecule has 1 aliphatic rings. The van der Waals surface area contributed by atoms with E-state index in [2.05, 4.69) is 15.9 Å². The molecule has 1 aliphatic heterocycles. The van der Waals surface area contributed by atoms with E-state index < -0.39 is 32.5 Å². The summed E-state index contributed by atoms with van der Waals surface area (Å²) in [5, 5.41) is 11.7. The maximum absolute atomic E-state index is 13.8. The zero-order valence-corrected chi connectivity index (χ0v) is 13.1. The van der Waals surface area contributed by atoms with Crippen LogP contribution in [0.5, 0.6) is 0 Å². The smallest absolute Gasteiger partial charge is 0.312 e. The zero-order chi connectivity index (χ0) is 16.9. The molecule has 0 radical (unpaired) electrons. The van der Waals surface area contributed by atoms with Crippen LogP contribution in [0.3, 0.4) is 0 Å². The summed E-state index contributed by atoms with van der Waals surface area (Å²) in [4.78, 5) is 11.4. The summed E-state index contributed by atoms with van der Waals surface area (Å²) in [6, 6.07) is 3.11. The highest BCUT2D eigenvalue weighted by molar-refractivity contribution is 9.10. The quantitative estimate of drug-likeness (QED) is 0.339. The first kappa shape index (κ1) is 16.7. The summed E-state index contributed by atoms with van der Waals surface area (Å²) in [6.07, 6.45) is -3.35. The van der Waals surface area contributed by atoms with Gasteiger partial charge in [0.2, 0.25) is 4.32 Å². The molecule has 0 aliphatic carbocycles. The van der Waals surface area contributed by atoms with Crippen LogP contribution in [0.25, 0.3) is 0 Å². The maximum Gasteiger partial charge on any atom is 0.416 e. The molecule has 120 valence electrons. The highest BCUT2D eigenvalue weighted by Crippen LogP contribution is 2.57. The highest BCUT2D eigenvalue weighted by atomic mass is 79.9. The van der Waals surface area contributed by atoms with Crippen LogP contribution < -0.4 is 0 Å². The Morgan fingerprint density at radius 3 is 2.41 bits per heavy atom. The standard InChI is InChI=1S/C13H11BrF4N2O2/c1-8-3-4-9(7-10(8)15)12(20(21)22)11(14,13(16,17)18)5-6-19(12)2/h3-7H,1-2H3. The number of halogens is 5. The van der Waals surface area contributed by atoms with Gasteiger partial charge < -0.3 is 4.90 Å². The molecule has 0 saturated heterocycles. The van der Waals surface area contributed by atoms with E-state index in [1.54, 1.807) is 0 Å². The fourth-order valence-electron chi connectivity index (χ4n) is 2.58. The molecule has 0 bridgehead atoms. The number of nitrogens with zero attached hydrogens (tertiary/aromatic N) is 2. The number of nitro groups is 1. The molecule has 2 unspecified atom stereocenters. The third kappa shape index (κ3) is 1.94. The first-order valence-corrected chi connectivity index (χ1v) is 6.87. The van der Waals surface area contributed by atoms with Crippen molar-refractivity contribution in [3.63, 3.8) is 0 Å². The van der Waals surface area contributed by atoms with Gasteiger partial charge in [-0.15, -0.1) is 0 Å². The Hall–Kier alpha value is -1.64. The Labute approximate surface area is 131 Å². The lowest BCUT2D eigenvalue weighted by Crippen LogP contribution is -2.62. The maximum atomic E-state index is 13.8. The molecule has 0 spiro atoms. The summed E-state index contributed by atoms with van der Waals surface area (Å²) >= 11 is 2.49. The molecule has 0 amide bonds. The van der Waals surface area contributed by atoms with E-state index in [1.807, 2.05) is 0 Å². The topological polar surface area (TPSA) is 46.4 Å². The van der Waals surface area contributed by atoms with Crippen LogP contribution in [0.15, 0.2) is 30.5 Å². The number of alkyl halides is 4. The number of benzene rings is 1. The third-order valence-electron chi connectivity index (χ3n) is 3.80. The number of rotatable bonds is 2. The average Bonchev–Trinajstić information content (AvgIpc) is 2.67. The summed E-state index contributed by atoms with van der Waals surface area (Å²) in [7, 11) is 1.14. The van der Waals surface area contributed by atoms with Crippen molar-refractivity contribution in [2.45, 2.75) is 23.1 Å². The minimum Gasteiger partial charge on any atom is -0.312 e. The van der Waals surface area contributed by atoms with E-state index in [1.165, 1.54) is 13.0 Å². The minimum absolute atomic E-state index is 0.183. The lowest BCUT2D eigenvalue weighted by atomic mass is 9.86. The monoisotopic (exact) mass is 382 g/mol. The van der Waals surface area contributed by atoms with E-state index >= 15 is 0 Å². The second-order valence-corrected chi connectivity index (χ2v) is 6.28. The predicted molar refractivity (Wildman–Crippen MR) is 74.4 cm³/mol. The second kappa shape index (κ2) is 4.94. The Morgan fingerprint density at radius 2 is 1.95 bits per heavy atom. The SMILES string of the molecule is Cc1ccc(C2([N+](=O)[O-])N(C)C=CC2(Br)C(F)(F)F)cc1F. The molecule has 0 fully saturated rings. The molecule has 22 heavy (non-hydrogen) atoms. The Balaban J connectivity index is 2.81. The van der Waals surface area contributed by atoms with E-state index in [4.69, 9.17) is 0 Å². The van der Waals surface area contributed by atoms with Crippen molar-refractivity contribution in [3.05, 3.63) is 57.5 Å². The molecule has 0 aromatic heterocycles. The van der Waals surface area contributed by atoms with Crippen molar-refractivity contribution in [2.24, 2.45) is 0 Å². The molecule has 2 rings (SSSR count). The molecule has 9 heteroatoms. The Morgan fingerprint density at radius 1 is 1.36 bits per heavy atom. The normalized spacial score (nSPS) is 28.2. The number of aryl methyl sites for hydroxylation is 1. The minimum atomic E-state index is -4.97. The van der Waals surface area contributed by atoms with Crippen LogP contribution in [0.1, 0.15) is 11.1 Å². The van der Waals surface area contributed by atoms with Crippen LogP contribution in [-0.2, 0) is 5.66 Å². The van der Waals surface area contributed by atoms with Crippen LogP contribution in [0.2, 0.25) is 0 Å². The molecule has 2 atom stereocenters. The molecular weight excluding hydrogens is 372 g/mol. The Kier molecular flexibility index (Phi) is 3.75. The first-order chi connectivity index (χ1) is 9.98. The van der Waals surface area contributed by atoms with Crippen molar-refractivity contribution in [3.8, 4) is 0 Å². The molecule has 1 aromatic carbocycles. The third-order valence-corrected chi connectivity index (χ3v) is 5.06. The van der Waals surface area contributed by atoms with Gasteiger partial charge in [0, 0.05) is 13.2 Å². The van der Waals surface area contributed by atoms with Crippen molar-refractivity contribution < 1.29 is 22.5 Å². The lowest BCUT2D eigenvalue weighted by Gasteiger charge is -2.39. The second-order valence-electron chi connectivity index (χ2n) is 5.03. The number of hydrogen-bond donors (Lipinski definition) is 0. The molecule has 0 saturated carbocycles. The largest absolute Gasteiger partial charge is 0.416 e. The van der Waals surface area contributed by atoms with Gasteiger partial charge in [-0.25, -0.2) is 4.39 Å². The van der Waals surface area contributed by atoms with Gasteiger partial charge in [-0.1, -0.05) is 22.0 Å². The molecule has 1 heterocycles. The van der Waals surface area contributed by atoms with Crippen molar-refractivity contribution in [2.75, 3.05) is 7.05 Å². The van der Waals surface area contributed by atoms with Gasteiger partial charge in [0.25, 0.3) is 0 Å². The molecular formula is C13H11BrF4N2O2. The number of hydrogen-bond acceptors (Lipinski definition) is 3. The van der Waals surface area contributed by atoms with Crippen LogP contribution in [0, 0.1) is 22.9 Å². The van der Waals surface area contributed by atoms with E-state index in [-0.39, 0.29) is 5.56 Å². The van der Waals surface area contributed by atoms with Crippen molar-refractivity contribution in [1.29, 1.82) is 0 Å². The van der Waals surface area contributed by atoms with E-state index in [0.29, 0.717) is 6.08 Å². The van der Waals surface area contributed by atoms with Gasteiger partial charge >= 0.3 is 11.8 Å². The highest BCUT2D eigenvalue weighted by Gasteiger charge is 2.77. The summed E-state index contributed by atoms with van der Waals surface area (Å²) in [5.74, 6) is -0.809. The zero-order valence-electron chi connectivity index (χ0n) is 11.5. The van der Waals surface area contributed by atoms with Crippen LogP contribution in [-0.4, -0.2) is 27.4 Å². The summed E-state index contributed by atoms with van der Waals surface area (Å²) in [6.45, 7) is 1.42. The van der Waals surface area contributed by atoms with Gasteiger partial charge in [-0.05, 0) is 30.7 Å². The molecule has 4 nitrogen and oxygen atoms in total. The fourth-order valence-corrected chi connectivity index (χ4v) is 3.35. The van der Waals surface area contributed by atoms with Crippen molar-refractivity contribution in [1.82, 2.24) is 4.90 Å². The molecule has 1 aromatic rings. The molecule has 0 N–H and O–H groups in total. The van der Waals surface area contributed by atoms with Gasteiger partial charge in [0.15, 0.2) is 0 Å². The van der Waals surface area contributed by atoms with Crippen LogP contribution in [0.4, 0.5) is 17.6 Å². The Bertz CT molecular complexity index is 664. The average molecular weight is 383 g/mol. The lowest BCUT2D eigenvalue weighted by molar-refractivity contribution is -0.615. The van der Waals surface area contributed by atoms with Gasteiger partial charge in [0.1, 0.15) is 5.82 Å². The van der Waals surface area contributed by atoms with E-state index in [0.717, 1.165) is 30.3 Å². The van der Waals surface area contributed by atoms with Gasteiger partial charge in [0.05, 0.1) is 10.5 Å². The summed E-state index contributed by atoms with van der Waals surface area (Å²) in [5.41, 5.74) is -2.95. The van der Waals surface area contributed by atoms with Crippen LogP contribution >= 0.6 is 15.9 Å². The van der Waals surface area contributed by atoms with Gasteiger partial charge in [-0.3, -0.25) is 10.1 Å². The van der Waals surface area contributed by atoms with E-state index in [9.17, 15) is 27.7 Å². The van der Waals surface area contributed by atoms with Crippen molar-refractivity contribution >= 4 is 15.9 Å². The predicted octanol–water partition coefficient (Wildman–Crippen LogP) is 3.72. The van der Waals surface area contributed by atoms with Gasteiger partial charge in [-0.2, -0.15) is 13.2 Å². The summed E-state index contributed by atoms with van der Waals surface area (Å²) < 4.78 is 51.4. The first-order valence-electron chi connectivity index (χ1n) is 6.07.